The van der Waals surface area contributed by atoms with Crippen LogP contribution in [0, 0.1) is 11.6 Å². The Bertz CT molecular complexity index is 314. The third-order valence-electron chi connectivity index (χ3n) is 1.50. The summed E-state index contributed by atoms with van der Waals surface area (Å²) >= 11 is 0. The molecule has 0 aliphatic carbocycles. The maximum absolute atomic E-state index is 13.0. The molecule has 0 bridgehead atoms. The van der Waals surface area contributed by atoms with Gasteiger partial charge in [0, 0.05) is 7.05 Å². The molecule has 1 rings (SSSR count). The smallest absolute Gasteiger partial charge is 0.178 e. The van der Waals surface area contributed by atoms with Crippen molar-refractivity contribution in [1.82, 2.24) is 0 Å². The zero-order valence-corrected chi connectivity index (χ0v) is 6.61. The summed E-state index contributed by atoms with van der Waals surface area (Å²) in [5, 5.41) is 0.742. The lowest BCUT2D eigenvalue weighted by atomic mass is 10.2. The van der Waals surface area contributed by atoms with Gasteiger partial charge in [0.05, 0.1) is 0 Å². The Kier molecular flexibility index (Phi) is 2.60. The van der Waals surface area contributed by atoms with Crippen LogP contribution in [0.3, 0.4) is 0 Å². The summed E-state index contributed by atoms with van der Waals surface area (Å²) in [6.45, 7) is 0. The second-order valence-electron chi connectivity index (χ2n) is 2.24. The molecule has 0 saturated carbocycles. The quantitative estimate of drug-likeness (QED) is 0.575. The van der Waals surface area contributed by atoms with E-state index < -0.39 is 28.4 Å². The van der Waals surface area contributed by atoms with Gasteiger partial charge in [0.2, 0.25) is 0 Å². The number of hydrogen-bond donors (Lipinski definition) is 1. The largest absolute Gasteiger partial charge is 0.383 e. The average molecular weight is 194 g/mol. The van der Waals surface area contributed by atoms with Gasteiger partial charge in [-0.15, -0.1) is 0 Å². The lowest BCUT2D eigenvalue weighted by Gasteiger charge is -2.08. The molecule has 0 spiro atoms. The maximum Gasteiger partial charge on any atom is 0.178 e. The Morgan fingerprint density at radius 2 is 1.85 bits per heavy atom. The van der Waals surface area contributed by atoms with Crippen molar-refractivity contribution in [1.29, 1.82) is 0 Å². The van der Waals surface area contributed by atoms with Crippen LogP contribution in [-0.4, -0.2) is 7.05 Å². The van der Waals surface area contributed by atoms with Crippen LogP contribution in [0.2, 0.25) is 0 Å². The molecule has 0 atom stereocenters. The van der Waals surface area contributed by atoms with E-state index in [9.17, 15) is 17.7 Å². The molecule has 0 amide bonds. The molecule has 0 fully saturated rings. The molecule has 72 valence electrons. The molecule has 0 radical (unpaired) electrons. The minimum atomic E-state index is -1.41. The van der Waals surface area contributed by atoms with E-state index in [0.717, 1.165) is 6.07 Å². The number of anilines is 2. The average Bonchev–Trinajstić information content (AvgIpc) is 2.04. The summed E-state index contributed by atoms with van der Waals surface area (Å²) in [4.78, 5) is 0. The molecule has 0 aliphatic heterocycles. The van der Waals surface area contributed by atoms with E-state index in [1.165, 1.54) is 7.05 Å². The van der Waals surface area contributed by atoms with E-state index >= 15 is 0 Å². The maximum atomic E-state index is 13.0. The zero-order chi connectivity index (χ0) is 10.0. The number of nitrogens with one attached hydrogen (secondary N) is 1. The molecule has 0 aliphatic rings. The molecule has 6 heteroatoms. The normalized spacial score (nSPS) is 9.92. The zero-order valence-electron chi connectivity index (χ0n) is 6.61. The molecule has 13 heavy (non-hydrogen) atoms. The predicted octanol–water partition coefficient (Wildman–Crippen LogP) is 2.58. The summed E-state index contributed by atoms with van der Waals surface area (Å²) in [6.07, 6.45) is 0. The number of nitrogens with zero attached hydrogens (tertiary/aromatic N) is 1. The second kappa shape index (κ2) is 3.51. The van der Waals surface area contributed by atoms with Gasteiger partial charge in [-0.1, -0.05) is 8.96 Å². The van der Waals surface area contributed by atoms with Crippen LogP contribution < -0.4 is 10.7 Å². The third kappa shape index (κ3) is 1.66. The summed E-state index contributed by atoms with van der Waals surface area (Å²) in [6, 6.07) is 1.42. The summed E-state index contributed by atoms with van der Waals surface area (Å²) in [7, 11) is 1.24. The standard InChI is InChI=1S/C7H6F4N2/c1-12-7-4(8)2-3-5(6(7)9)13(10)11/h2-3,12H,1H3. The number of hydrogen-bond acceptors (Lipinski definition) is 2. The Hall–Kier alpha value is -1.46. The highest BCUT2D eigenvalue weighted by Gasteiger charge is 2.17. The van der Waals surface area contributed by atoms with Crippen molar-refractivity contribution in [2.24, 2.45) is 0 Å². The fraction of sp³-hybridized carbons (Fsp3) is 0.143. The van der Waals surface area contributed by atoms with Gasteiger partial charge in [0.15, 0.2) is 5.82 Å². The van der Waals surface area contributed by atoms with Gasteiger partial charge in [-0.25, -0.2) is 8.78 Å². The van der Waals surface area contributed by atoms with Gasteiger partial charge in [0.25, 0.3) is 0 Å². The highest BCUT2D eigenvalue weighted by molar-refractivity contribution is 5.58. The van der Waals surface area contributed by atoms with Crippen molar-refractivity contribution in [2.45, 2.75) is 0 Å². The van der Waals surface area contributed by atoms with Crippen molar-refractivity contribution in [2.75, 3.05) is 17.7 Å². The van der Waals surface area contributed by atoms with E-state index in [4.69, 9.17) is 0 Å². The van der Waals surface area contributed by atoms with Crippen molar-refractivity contribution in [3.8, 4) is 0 Å². The first kappa shape index (κ1) is 9.63. The lowest BCUT2D eigenvalue weighted by Crippen LogP contribution is -2.04. The molecule has 1 aromatic carbocycles. The SMILES string of the molecule is CNc1c(F)ccc(N(F)F)c1F. The molecule has 0 heterocycles. The number of benzene rings is 1. The van der Waals surface area contributed by atoms with Crippen molar-refractivity contribution >= 4 is 11.4 Å². The topological polar surface area (TPSA) is 15.3 Å². The lowest BCUT2D eigenvalue weighted by molar-refractivity contribution is 0.231. The van der Waals surface area contributed by atoms with Gasteiger partial charge >= 0.3 is 0 Å². The van der Waals surface area contributed by atoms with Crippen molar-refractivity contribution < 1.29 is 17.7 Å². The molecular weight excluding hydrogens is 188 g/mol. The molecule has 2 nitrogen and oxygen atoms in total. The molecule has 1 N–H and O–H groups in total. The van der Waals surface area contributed by atoms with Crippen LogP contribution in [0.4, 0.5) is 29.1 Å². The Labute approximate surface area is 71.6 Å². The summed E-state index contributed by atoms with van der Waals surface area (Å²) < 4.78 is 49.5. The van der Waals surface area contributed by atoms with Gasteiger partial charge in [-0.3, -0.25) is 0 Å². The van der Waals surface area contributed by atoms with Gasteiger partial charge < -0.3 is 5.32 Å². The minimum absolute atomic E-state index is 0.571. The third-order valence-corrected chi connectivity index (χ3v) is 1.50. The Balaban J connectivity index is 3.27. The van der Waals surface area contributed by atoms with Crippen LogP contribution in [-0.2, 0) is 0 Å². The van der Waals surface area contributed by atoms with Crippen LogP contribution in [0.5, 0.6) is 0 Å². The van der Waals surface area contributed by atoms with Crippen LogP contribution >= 0.6 is 0 Å². The monoisotopic (exact) mass is 194 g/mol. The second-order valence-corrected chi connectivity index (χ2v) is 2.24. The first-order chi connectivity index (χ1) is 6.07. The molecule has 0 saturated heterocycles. The van der Waals surface area contributed by atoms with Gasteiger partial charge in [-0.2, -0.15) is 0 Å². The van der Waals surface area contributed by atoms with Crippen molar-refractivity contribution in [3.63, 3.8) is 0 Å². The molecule has 1 aromatic rings. The molecule has 0 unspecified atom stereocenters. The Morgan fingerprint density at radius 3 is 2.31 bits per heavy atom. The predicted molar refractivity (Wildman–Crippen MR) is 40.6 cm³/mol. The fourth-order valence-corrected chi connectivity index (χ4v) is 0.901. The molecule has 0 aromatic heterocycles. The fourth-order valence-electron chi connectivity index (χ4n) is 0.901. The first-order valence-electron chi connectivity index (χ1n) is 3.35. The van der Waals surface area contributed by atoms with Crippen molar-refractivity contribution in [3.05, 3.63) is 23.8 Å². The molecular formula is C7H6F4N2. The number of rotatable bonds is 2. The van der Waals surface area contributed by atoms with E-state index in [-0.39, 0.29) is 0 Å². The van der Waals surface area contributed by atoms with E-state index in [2.05, 4.69) is 5.32 Å². The highest BCUT2D eigenvalue weighted by atomic mass is 19.4. The summed E-state index contributed by atoms with van der Waals surface area (Å²) in [5.41, 5.74) is -1.54. The van der Waals surface area contributed by atoms with E-state index in [1.54, 1.807) is 0 Å². The van der Waals surface area contributed by atoms with Gasteiger partial charge in [-0.05, 0) is 17.5 Å². The van der Waals surface area contributed by atoms with Crippen LogP contribution in [0.15, 0.2) is 12.1 Å². The first-order valence-corrected chi connectivity index (χ1v) is 3.35. The van der Waals surface area contributed by atoms with E-state index in [1.807, 2.05) is 0 Å². The van der Waals surface area contributed by atoms with Crippen LogP contribution in [0.1, 0.15) is 0 Å². The number of halogens is 4. The van der Waals surface area contributed by atoms with Crippen LogP contribution in [0.25, 0.3) is 0 Å². The van der Waals surface area contributed by atoms with Gasteiger partial charge in [0.1, 0.15) is 17.2 Å². The minimum Gasteiger partial charge on any atom is -0.383 e. The highest BCUT2D eigenvalue weighted by Crippen LogP contribution is 2.28. The van der Waals surface area contributed by atoms with E-state index in [0.29, 0.717) is 6.07 Å². The summed E-state index contributed by atoms with van der Waals surface area (Å²) in [5.74, 6) is -2.22. The Morgan fingerprint density at radius 1 is 1.23 bits per heavy atom.